The summed E-state index contributed by atoms with van der Waals surface area (Å²) in [5.74, 6) is 0. The molecule has 23 heavy (non-hydrogen) atoms. The van der Waals surface area contributed by atoms with E-state index in [1.54, 1.807) is 6.07 Å². The Morgan fingerprint density at radius 2 is 1.96 bits per heavy atom. The van der Waals surface area contributed by atoms with Gasteiger partial charge in [0.05, 0.1) is 11.9 Å². The summed E-state index contributed by atoms with van der Waals surface area (Å²) in [5.41, 5.74) is 2.28. The summed E-state index contributed by atoms with van der Waals surface area (Å²) in [6, 6.07) is 5.47. The minimum Gasteiger partial charge on any atom is -0.335 e. The van der Waals surface area contributed by atoms with Gasteiger partial charge in [0.1, 0.15) is 0 Å². The number of carbonyl (C=O) groups is 1. The number of urea groups is 1. The molecule has 3 rings (SSSR count). The third-order valence-electron chi connectivity index (χ3n) is 4.54. The minimum absolute atomic E-state index is 0.222. The second kappa shape index (κ2) is 6.39. The first-order chi connectivity index (χ1) is 10.9. The Kier molecular flexibility index (Phi) is 4.48. The summed E-state index contributed by atoms with van der Waals surface area (Å²) in [6.45, 7) is 0.464. The van der Waals surface area contributed by atoms with Crippen molar-refractivity contribution in [1.29, 1.82) is 0 Å². The predicted octanol–water partition coefficient (Wildman–Crippen LogP) is 2.46. The third kappa shape index (κ3) is 3.77. The smallest absolute Gasteiger partial charge is 0.319 e. The Balaban J connectivity index is 1.68. The zero-order chi connectivity index (χ0) is 16.4. The van der Waals surface area contributed by atoms with Gasteiger partial charge >= 0.3 is 6.03 Å². The van der Waals surface area contributed by atoms with E-state index in [1.807, 2.05) is 12.1 Å². The number of rotatable bonds is 3. The molecule has 1 heterocycles. The normalized spacial score (nSPS) is 18.6. The van der Waals surface area contributed by atoms with Crippen LogP contribution < -0.4 is 14.9 Å². The Labute approximate surface area is 137 Å². The molecular weight excluding hydrogens is 314 g/mol. The number of fused-ring (bicyclic) bond motifs is 1. The SMILES string of the molecule is CS(=O)(=O)N1CCc2ccc(NC(=O)NC3CCCCC3)cc21. The Hall–Kier alpha value is -1.76. The van der Waals surface area contributed by atoms with Crippen LogP contribution >= 0.6 is 0 Å². The third-order valence-corrected chi connectivity index (χ3v) is 5.72. The largest absolute Gasteiger partial charge is 0.335 e. The second-order valence-electron chi connectivity index (χ2n) is 6.36. The van der Waals surface area contributed by atoms with Gasteiger partial charge in [0.15, 0.2) is 0 Å². The molecular formula is C16H23N3O3S. The number of benzene rings is 1. The van der Waals surface area contributed by atoms with Gasteiger partial charge in [0.25, 0.3) is 0 Å². The van der Waals surface area contributed by atoms with Crippen molar-refractivity contribution in [3.8, 4) is 0 Å². The van der Waals surface area contributed by atoms with Crippen molar-refractivity contribution in [1.82, 2.24) is 5.32 Å². The molecule has 0 unspecified atom stereocenters. The number of hydrogen-bond donors (Lipinski definition) is 2. The van der Waals surface area contributed by atoms with Gasteiger partial charge in [-0.3, -0.25) is 4.31 Å². The van der Waals surface area contributed by atoms with Gasteiger partial charge in [-0.05, 0) is 37.0 Å². The van der Waals surface area contributed by atoms with Crippen molar-refractivity contribution in [2.24, 2.45) is 0 Å². The van der Waals surface area contributed by atoms with Crippen LogP contribution in [0.25, 0.3) is 0 Å². The summed E-state index contributed by atoms with van der Waals surface area (Å²) in [4.78, 5) is 12.1. The molecule has 126 valence electrons. The molecule has 2 amide bonds. The summed E-state index contributed by atoms with van der Waals surface area (Å²) < 4.78 is 25.0. The first kappa shape index (κ1) is 16.1. The number of anilines is 2. The quantitative estimate of drug-likeness (QED) is 0.889. The van der Waals surface area contributed by atoms with Gasteiger partial charge in [0, 0.05) is 18.3 Å². The van der Waals surface area contributed by atoms with Crippen LogP contribution in [0, 0.1) is 0 Å². The van der Waals surface area contributed by atoms with E-state index in [0.29, 0.717) is 24.3 Å². The van der Waals surface area contributed by atoms with Crippen LogP contribution in [0.3, 0.4) is 0 Å². The Bertz CT molecular complexity index is 697. The molecule has 1 aromatic rings. The van der Waals surface area contributed by atoms with E-state index in [-0.39, 0.29) is 12.1 Å². The van der Waals surface area contributed by atoms with Crippen LogP contribution in [0.15, 0.2) is 18.2 Å². The lowest BCUT2D eigenvalue weighted by Crippen LogP contribution is -2.39. The second-order valence-corrected chi connectivity index (χ2v) is 8.27. The topological polar surface area (TPSA) is 78.5 Å². The average molecular weight is 337 g/mol. The fraction of sp³-hybridized carbons (Fsp3) is 0.562. The number of nitrogens with one attached hydrogen (secondary N) is 2. The molecule has 0 saturated heterocycles. The minimum atomic E-state index is -3.28. The highest BCUT2D eigenvalue weighted by Crippen LogP contribution is 2.32. The lowest BCUT2D eigenvalue weighted by atomic mass is 9.96. The average Bonchev–Trinajstić information content (AvgIpc) is 2.91. The maximum atomic E-state index is 12.1. The fourth-order valence-electron chi connectivity index (χ4n) is 3.37. The van der Waals surface area contributed by atoms with E-state index in [2.05, 4.69) is 10.6 Å². The van der Waals surface area contributed by atoms with Gasteiger partial charge in [-0.1, -0.05) is 25.3 Å². The predicted molar refractivity (Wildman–Crippen MR) is 91.4 cm³/mol. The van der Waals surface area contributed by atoms with Crippen LogP contribution in [-0.4, -0.2) is 33.3 Å². The maximum Gasteiger partial charge on any atom is 0.319 e. The Morgan fingerprint density at radius 3 is 2.65 bits per heavy atom. The molecule has 1 aliphatic carbocycles. The van der Waals surface area contributed by atoms with Crippen LogP contribution in [0.4, 0.5) is 16.2 Å². The summed E-state index contributed by atoms with van der Waals surface area (Å²) >= 11 is 0. The lowest BCUT2D eigenvalue weighted by molar-refractivity contribution is 0.244. The zero-order valence-electron chi connectivity index (χ0n) is 13.3. The van der Waals surface area contributed by atoms with Crippen LogP contribution in [0.2, 0.25) is 0 Å². The van der Waals surface area contributed by atoms with Gasteiger partial charge < -0.3 is 10.6 Å². The van der Waals surface area contributed by atoms with E-state index in [0.717, 1.165) is 31.2 Å². The van der Waals surface area contributed by atoms with Gasteiger partial charge in [-0.25, -0.2) is 13.2 Å². The van der Waals surface area contributed by atoms with E-state index in [1.165, 1.54) is 17.0 Å². The first-order valence-corrected chi connectivity index (χ1v) is 9.96. The van der Waals surface area contributed by atoms with Crippen LogP contribution in [0.5, 0.6) is 0 Å². The zero-order valence-corrected chi connectivity index (χ0v) is 14.2. The highest BCUT2D eigenvalue weighted by molar-refractivity contribution is 7.92. The number of carbonyl (C=O) groups excluding carboxylic acids is 1. The van der Waals surface area contributed by atoms with Crippen LogP contribution in [0.1, 0.15) is 37.7 Å². The molecule has 1 fully saturated rings. The van der Waals surface area contributed by atoms with E-state index >= 15 is 0 Å². The molecule has 0 spiro atoms. The summed E-state index contributed by atoms with van der Waals surface area (Å²) in [5, 5.41) is 5.81. The monoisotopic (exact) mass is 337 g/mol. The molecule has 2 aliphatic rings. The standard InChI is InChI=1S/C16H23N3O3S/c1-23(21,22)19-10-9-12-7-8-14(11-15(12)19)18-16(20)17-13-5-3-2-4-6-13/h7-8,11,13H,2-6,9-10H2,1H3,(H2,17,18,20). The molecule has 1 aliphatic heterocycles. The van der Waals surface area contributed by atoms with E-state index in [9.17, 15) is 13.2 Å². The van der Waals surface area contributed by atoms with E-state index in [4.69, 9.17) is 0 Å². The summed E-state index contributed by atoms with van der Waals surface area (Å²) in [6.07, 6.45) is 7.53. The van der Waals surface area contributed by atoms with Gasteiger partial charge in [-0.15, -0.1) is 0 Å². The number of sulfonamides is 1. The molecule has 2 N–H and O–H groups in total. The number of nitrogens with zero attached hydrogens (tertiary/aromatic N) is 1. The Morgan fingerprint density at radius 1 is 1.22 bits per heavy atom. The van der Waals surface area contributed by atoms with Crippen molar-refractivity contribution >= 4 is 27.4 Å². The first-order valence-electron chi connectivity index (χ1n) is 8.11. The molecule has 7 heteroatoms. The van der Waals surface area contributed by atoms with Crippen molar-refractivity contribution in [3.63, 3.8) is 0 Å². The highest BCUT2D eigenvalue weighted by atomic mass is 32.2. The molecule has 0 bridgehead atoms. The van der Waals surface area contributed by atoms with Crippen LogP contribution in [-0.2, 0) is 16.4 Å². The molecule has 0 aromatic heterocycles. The van der Waals surface area contributed by atoms with Crippen molar-refractivity contribution < 1.29 is 13.2 Å². The highest BCUT2D eigenvalue weighted by Gasteiger charge is 2.26. The summed E-state index contributed by atoms with van der Waals surface area (Å²) in [7, 11) is -3.28. The fourth-order valence-corrected chi connectivity index (χ4v) is 4.32. The lowest BCUT2D eigenvalue weighted by Gasteiger charge is -2.23. The number of amides is 2. The number of hydrogen-bond acceptors (Lipinski definition) is 3. The molecule has 6 nitrogen and oxygen atoms in total. The van der Waals surface area contributed by atoms with Crippen molar-refractivity contribution in [2.75, 3.05) is 22.4 Å². The molecule has 1 aromatic carbocycles. The van der Waals surface area contributed by atoms with Crippen molar-refractivity contribution in [3.05, 3.63) is 23.8 Å². The van der Waals surface area contributed by atoms with E-state index < -0.39 is 10.0 Å². The molecule has 0 radical (unpaired) electrons. The maximum absolute atomic E-state index is 12.1. The molecule has 1 saturated carbocycles. The van der Waals surface area contributed by atoms with Crippen molar-refractivity contribution in [2.45, 2.75) is 44.6 Å². The van der Waals surface area contributed by atoms with Gasteiger partial charge in [0.2, 0.25) is 10.0 Å². The molecule has 0 atom stereocenters. The van der Waals surface area contributed by atoms with Gasteiger partial charge in [-0.2, -0.15) is 0 Å².